The lowest BCUT2D eigenvalue weighted by atomic mass is 9.88. The molecule has 2 unspecified atom stereocenters. The average Bonchev–Trinajstić information content (AvgIpc) is 2.46. The molecule has 0 N–H and O–H groups in total. The number of aromatic nitrogens is 2. The van der Waals surface area contributed by atoms with Crippen LogP contribution in [-0.4, -0.2) is 36.0 Å². The Kier molecular flexibility index (Phi) is 3.54. The molecule has 0 radical (unpaired) electrons. The predicted molar refractivity (Wildman–Crippen MR) is 66.3 cm³/mol. The fraction of sp³-hybridized carbons (Fsp3) is 0.692. The number of rotatable bonds is 1. The molecule has 0 aromatic carbocycles. The minimum atomic E-state index is -4.43. The summed E-state index contributed by atoms with van der Waals surface area (Å²) in [6.45, 7) is 2.35. The van der Waals surface area contributed by atoms with Crippen molar-refractivity contribution >= 4 is 5.82 Å². The van der Waals surface area contributed by atoms with Crippen LogP contribution in [0.1, 0.15) is 25.0 Å². The number of halogens is 3. The molecule has 4 nitrogen and oxygen atoms in total. The van der Waals surface area contributed by atoms with Crippen LogP contribution in [-0.2, 0) is 10.9 Å². The zero-order valence-corrected chi connectivity index (χ0v) is 10.9. The number of hydrogen-bond acceptors (Lipinski definition) is 4. The van der Waals surface area contributed by atoms with Gasteiger partial charge in [0.1, 0.15) is 0 Å². The second kappa shape index (κ2) is 5.20. The fourth-order valence-electron chi connectivity index (χ4n) is 2.94. The van der Waals surface area contributed by atoms with Gasteiger partial charge in [0.25, 0.3) is 0 Å². The van der Waals surface area contributed by atoms with Gasteiger partial charge in [-0.2, -0.15) is 13.2 Å². The van der Waals surface area contributed by atoms with Crippen molar-refractivity contribution in [1.29, 1.82) is 0 Å². The molecule has 0 saturated carbocycles. The molecule has 20 heavy (non-hydrogen) atoms. The van der Waals surface area contributed by atoms with Gasteiger partial charge in [-0.1, -0.05) is 0 Å². The summed E-state index contributed by atoms with van der Waals surface area (Å²) in [6, 6.07) is 2.39. The van der Waals surface area contributed by atoms with E-state index in [0.717, 1.165) is 45.0 Å². The van der Waals surface area contributed by atoms with Gasteiger partial charge in [-0.3, -0.25) is 0 Å². The number of ether oxygens (including phenoxy) is 1. The molecule has 2 atom stereocenters. The molecular formula is C13H16F3N3O. The van der Waals surface area contributed by atoms with E-state index in [1.54, 1.807) is 0 Å². The van der Waals surface area contributed by atoms with Crippen molar-refractivity contribution in [2.45, 2.75) is 31.5 Å². The van der Waals surface area contributed by atoms with Gasteiger partial charge >= 0.3 is 6.18 Å². The molecule has 110 valence electrons. The summed E-state index contributed by atoms with van der Waals surface area (Å²) in [7, 11) is 0. The highest BCUT2D eigenvalue weighted by molar-refractivity contribution is 5.38. The molecule has 2 saturated heterocycles. The van der Waals surface area contributed by atoms with E-state index >= 15 is 0 Å². The largest absolute Gasteiger partial charge is 0.435 e. The number of nitrogens with zero attached hydrogens (tertiary/aromatic N) is 3. The standard InChI is InChI=1S/C13H16F3N3O/c14-13(15,16)11-3-4-12(18-17-11)19-6-5-10-9(8-19)2-1-7-20-10/h3-4,9-10H,1-2,5-8H2. The molecule has 2 aliphatic heterocycles. The maximum atomic E-state index is 12.5. The van der Waals surface area contributed by atoms with Crippen molar-refractivity contribution in [3.8, 4) is 0 Å². The SMILES string of the molecule is FC(F)(F)c1ccc(N2CCC3OCCCC3C2)nn1. The van der Waals surface area contributed by atoms with Crippen molar-refractivity contribution < 1.29 is 17.9 Å². The average molecular weight is 287 g/mol. The smallest absolute Gasteiger partial charge is 0.378 e. The molecule has 2 fully saturated rings. The number of anilines is 1. The van der Waals surface area contributed by atoms with Gasteiger partial charge in [0.05, 0.1) is 6.10 Å². The lowest BCUT2D eigenvalue weighted by Crippen LogP contribution is -2.46. The number of fused-ring (bicyclic) bond motifs is 1. The van der Waals surface area contributed by atoms with Crippen molar-refractivity contribution in [3.63, 3.8) is 0 Å². The quantitative estimate of drug-likeness (QED) is 0.795. The predicted octanol–water partition coefficient (Wildman–Crippen LogP) is 2.50. The Morgan fingerprint density at radius 3 is 2.75 bits per heavy atom. The van der Waals surface area contributed by atoms with E-state index in [2.05, 4.69) is 10.2 Å². The Labute approximate surface area is 114 Å². The van der Waals surface area contributed by atoms with Gasteiger partial charge in [0, 0.05) is 25.6 Å². The minimum Gasteiger partial charge on any atom is -0.378 e. The Bertz CT molecular complexity index is 463. The summed E-state index contributed by atoms with van der Waals surface area (Å²) in [4.78, 5) is 2.00. The van der Waals surface area contributed by atoms with Crippen molar-refractivity contribution in [2.75, 3.05) is 24.6 Å². The fourth-order valence-corrected chi connectivity index (χ4v) is 2.94. The molecule has 1 aromatic rings. The molecule has 0 bridgehead atoms. The monoisotopic (exact) mass is 287 g/mol. The summed E-state index contributed by atoms with van der Waals surface area (Å²) in [5, 5.41) is 7.00. The van der Waals surface area contributed by atoms with Gasteiger partial charge in [-0.25, -0.2) is 0 Å². The van der Waals surface area contributed by atoms with E-state index in [4.69, 9.17) is 4.74 Å². The number of alkyl halides is 3. The first-order valence-electron chi connectivity index (χ1n) is 6.81. The van der Waals surface area contributed by atoms with Crippen molar-refractivity contribution in [1.82, 2.24) is 10.2 Å². The summed E-state index contributed by atoms with van der Waals surface area (Å²) in [5.74, 6) is 0.962. The Hall–Kier alpha value is -1.37. The van der Waals surface area contributed by atoms with Crippen LogP contribution >= 0.6 is 0 Å². The second-order valence-corrected chi connectivity index (χ2v) is 5.32. The molecule has 1 aromatic heterocycles. The van der Waals surface area contributed by atoms with Crippen LogP contribution < -0.4 is 4.90 Å². The zero-order valence-electron chi connectivity index (χ0n) is 10.9. The Balaban J connectivity index is 1.70. The van der Waals surface area contributed by atoms with Gasteiger partial charge in [0.2, 0.25) is 0 Å². The van der Waals surface area contributed by atoms with Crippen molar-refractivity contribution in [3.05, 3.63) is 17.8 Å². The van der Waals surface area contributed by atoms with Crippen LogP contribution in [0.5, 0.6) is 0 Å². The summed E-state index contributed by atoms with van der Waals surface area (Å²) < 4.78 is 43.1. The normalized spacial score (nSPS) is 27.2. The first-order valence-corrected chi connectivity index (χ1v) is 6.81. The summed E-state index contributed by atoms with van der Waals surface area (Å²) >= 11 is 0. The molecule has 0 spiro atoms. The first-order chi connectivity index (χ1) is 9.54. The third-order valence-electron chi connectivity index (χ3n) is 3.98. The molecule has 0 aliphatic carbocycles. The molecule has 3 heterocycles. The maximum Gasteiger partial charge on any atom is 0.435 e. The Morgan fingerprint density at radius 1 is 1.20 bits per heavy atom. The highest BCUT2D eigenvalue weighted by Gasteiger charge is 2.35. The minimum absolute atomic E-state index is 0.294. The molecule has 3 rings (SSSR count). The maximum absolute atomic E-state index is 12.5. The highest BCUT2D eigenvalue weighted by atomic mass is 19.4. The summed E-state index contributed by atoms with van der Waals surface area (Å²) in [5.41, 5.74) is -0.947. The van der Waals surface area contributed by atoms with Crippen molar-refractivity contribution in [2.24, 2.45) is 5.92 Å². The molecule has 0 amide bonds. The van der Waals surface area contributed by atoms with Crippen LogP contribution in [0.25, 0.3) is 0 Å². The van der Waals surface area contributed by atoms with E-state index in [-0.39, 0.29) is 0 Å². The zero-order chi connectivity index (χ0) is 14.2. The van der Waals surface area contributed by atoms with Crippen LogP contribution in [0, 0.1) is 5.92 Å². The van der Waals surface area contributed by atoms with E-state index in [0.29, 0.717) is 17.8 Å². The van der Waals surface area contributed by atoms with Gasteiger partial charge in [-0.05, 0) is 31.4 Å². The first kappa shape index (κ1) is 13.6. The number of piperidine rings is 1. The third kappa shape index (κ3) is 2.72. The van der Waals surface area contributed by atoms with E-state index in [9.17, 15) is 13.2 Å². The lowest BCUT2D eigenvalue weighted by Gasteiger charge is -2.41. The molecule has 7 heteroatoms. The molecule has 2 aliphatic rings. The highest BCUT2D eigenvalue weighted by Crippen LogP contribution is 2.31. The van der Waals surface area contributed by atoms with E-state index < -0.39 is 11.9 Å². The topological polar surface area (TPSA) is 38.2 Å². The molecular weight excluding hydrogens is 271 g/mol. The second-order valence-electron chi connectivity index (χ2n) is 5.32. The lowest BCUT2D eigenvalue weighted by molar-refractivity contribution is -0.141. The van der Waals surface area contributed by atoms with Crippen LogP contribution in [0.2, 0.25) is 0 Å². The summed E-state index contributed by atoms with van der Waals surface area (Å²) in [6.07, 6.45) is -1.09. The van der Waals surface area contributed by atoms with E-state index in [1.165, 1.54) is 6.07 Å². The number of hydrogen-bond donors (Lipinski definition) is 0. The Morgan fingerprint density at radius 2 is 2.05 bits per heavy atom. The van der Waals surface area contributed by atoms with E-state index in [1.807, 2.05) is 4.90 Å². The van der Waals surface area contributed by atoms with Crippen LogP contribution in [0.3, 0.4) is 0 Å². The van der Waals surface area contributed by atoms with Gasteiger partial charge < -0.3 is 9.64 Å². The van der Waals surface area contributed by atoms with Crippen LogP contribution in [0.4, 0.5) is 19.0 Å². The van der Waals surface area contributed by atoms with Crippen LogP contribution in [0.15, 0.2) is 12.1 Å². The van der Waals surface area contributed by atoms with Gasteiger partial charge in [0.15, 0.2) is 11.5 Å². The van der Waals surface area contributed by atoms with Gasteiger partial charge in [-0.15, -0.1) is 10.2 Å². The third-order valence-corrected chi connectivity index (χ3v) is 3.98.